The van der Waals surface area contributed by atoms with Crippen molar-refractivity contribution in [3.8, 4) is 17.2 Å². The van der Waals surface area contributed by atoms with E-state index in [2.05, 4.69) is 10.2 Å². The smallest absolute Gasteiger partial charge is 0.127 e. The van der Waals surface area contributed by atoms with Gasteiger partial charge in [-0.15, -0.1) is 12.4 Å². The van der Waals surface area contributed by atoms with Gasteiger partial charge in [0.05, 0.1) is 5.56 Å². The predicted octanol–water partition coefficient (Wildman–Crippen LogP) is 0.554. The number of phenols is 3. The second-order valence-electron chi connectivity index (χ2n) is 4.71. The van der Waals surface area contributed by atoms with Crippen molar-refractivity contribution in [2.24, 2.45) is 0 Å². The molecule has 1 heterocycles. The van der Waals surface area contributed by atoms with Crippen molar-refractivity contribution in [2.45, 2.75) is 12.5 Å². The third-order valence-corrected chi connectivity index (χ3v) is 3.45. The summed E-state index contributed by atoms with van der Waals surface area (Å²) in [5.41, 5.74) is 0.369. The molecule has 0 bridgehead atoms. The van der Waals surface area contributed by atoms with Gasteiger partial charge in [0.1, 0.15) is 17.2 Å². The zero-order chi connectivity index (χ0) is 13.8. The lowest BCUT2D eigenvalue weighted by atomic mass is 9.99. The second-order valence-corrected chi connectivity index (χ2v) is 4.71. The first kappa shape index (κ1) is 16.8. The number of aliphatic hydroxyl groups is 1. The van der Waals surface area contributed by atoms with Gasteiger partial charge < -0.3 is 25.7 Å². The van der Waals surface area contributed by atoms with E-state index in [9.17, 15) is 20.4 Å². The number of halogens is 1. The Morgan fingerprint density at radius 1 is 1.10 bits per heavy atom. The molecule has 20 heavy (non-hydrogen) atoms. The number of phenolic OH excluding ortho intramolecular Hbond substituents is 3. The van der Waals surface area contributed by atoms with Crippen LogP contribution in [0.15, 0.2) is 12.1 Å². The molecular formula is C13H21ClN2O4. The van der Waals surface area contributed by atoms with E-state index in [0.29, 0.717) is 12.0 Å². The molecule has 6 nitrogen and oxygen atoms in total. The van der Waals surface area contributed by atoms with Crippen LogP contribution in [0.2, 0.25) is 0 Å². The van der Waals surface area contributed by atoms with E-state index in [1.807, 2.05) is 0 Å². The summed E-state index contributed by atoms with van der Waals surface area (Å²) in [7, 11) is 0. The van der Waals surface area contributed by atoms with Gasteiger partial charge in [-0.2, -0.15) is 0 Å². The first-order valence-corrected chi connectivity index (χ1v) is 6.44. The highest BCUT2D eigenvalue weighted by atomic mass is 35.5. The molecule has 1 fully saturated rings. The Morgan fingerprint density at radius 2 is 1.65 bits per heavy atom. The Bertz CT molecular complexity index is 415. The maximum Gasteiger partial charge on any atom is 0.127 e. The van der Waals surface area contributed by atoms with Gasteiger partial charge in [-0.1, -0.05) is 0 Å². The summed E-state index contributed by atoms with van der Waals surface area (Å²) >= 11 is 0. The number of piperazine rings is 1. The lowest BCUT2D eigenvalue weighted by Crippen LogP contribution is -2.45. The van der Waals surface area contributed by atoms with Crippen LogP contribution < -0.4 is 5.32 Å². The molecule has 0 amide bonds. The van der Waals surface area contributed by atoms with Crippen LogP contribution in [0.1, 0.15) is 18.0 Å². The van der Waals surface area contributed by atoms with Gasteiger partial charge in [-0.05, 0) is 6.42 Å². The summed E-state index contributed by atoms with van der Waals surface area (Å²) in [4.78, 5) is 2.11. The Labute approximate surface area is 124 Å². The zero-order valence-electron chi connectivity index (χ0n) is 11.1. The number of hydrogen-bond donors (Lipinski definition) is 5. The fourth-order valence-corrected chi connectivity index (χ4v) is 2.58. The lowest BCUT2D eigenvalue weighted by molar-refractivity contribution is 0.137. The van der Waals surface area contributed by atoms with Gasteiger partial charge in [-0.25, -0.2) is 0 Å². The monoisotopic (exact) mass is 304 g/mol. The maximum atomic E-state index is 9.96. The number of nitrogens with zero attached hydrogens (tertiary/aromatic N) is 1. The first-order chi connectivity index (χ1) is 9.13. The molecule has 0 radical (unpaired) electrons. The van der Waals surface area contributed by atoms with E-state index in [4.69, 9.17) is 0 Å². The van der Waals surface area contributed by atoms with Crippen LogP contribution in [0, 0.1) is 0 Å². The molecule has 0 saturated carbocycles. The van der Waals surface area contributed by atoms with Crippen molar-refractivity contribution in [3.63, 3.8) is 0 Å². The topological polar surface area (TPSA) is 96.2 Å². The number of rotatable bonds is 4. The van der Waals surface area contributed by atoms with Crippen LogP contribution in [0.5, 0.6) is 17.2 Å². The van der Waals surface area contributed by atoms with E-state index in [0.717, 1.165) is 26.2 Å². The molecule has 1 saturated heterocycles. The van der Waals surface area contributed by atoms with Crippen LogP contribution in [-0.4, -0.2) is 58.1 Å². The highest BCUT2D eigenvalue weighted by Crippen LogP contribution is 2.40. The average Bonchev–Trinajstić information content (AvgIpc) is 2.37. The third-order valence-electron chi connectivity index (χ3n) is 3.45. The van der Waals surface area contributed by atoms with Gasteiger partial charge in [-0.3, -0.25) is 4.90 Å². The Hall–Kier alpha value is -1.21. The van der Waals surface area contributed by atoms with Crippen LogP contribution in [0.3, 0.4) is 0 Å². The minimum atomic E-state index is -0.257. The van der Waals surface area contributed by atoms with Crippen LogP contribution in [0.25, 0.3) is 0 Å². The van der Waals surface area contributed by atoms with E-state index in [1.165, 1.54) is 12.1 Å². The highest BCUT2D eigenvalue weighted by molar-refractivity contribution is 5.85. The molecule has 1 aromatic rings. The fourth-order valence-electron chi connectivity index (χ4n) is 2.58. The SMILES string of the molecule is Cl.OCC[C@@H](c1c(O)cc(O)cc1O)N1CCNCC1. The molecule has 1 atom stereocenters. The summed E-state index contributed by atoms with van der Waals surface area (Å²) in [6.07, 6.45) is 0.423. The van der Waals surface area contributed by atoms with Gasteiger partial charge in [0.25, 0.3) is 0 Å². The summed E-state index contributed by atoms with van der Waals surface area (Å²) < 4.78 is 0. The Morgan fingerprint density at radius 3 is 2.15 bits per heavy atom. The molecule has 0 aromatic heterocycles. The van der Waals surface area contributed by atoms with Gasteiger partial charge in [0, 0.05) is 51.0 Å². The fraction of sp³-hybridized carbons (Fsp3) is 0.538. The molecule has 0 spiro atoms. The van der Waals surface area contributed by atoms with Crippen LogP contribution >= 0.6 is 12.4 Å². The molecular weight excluding hydrogens is 284 g/mol. The summed E-state index contributed by atoms with van der Waals surface area (Å²) in [5.74, 6) is -0.467. The van der Waals surface area contributed by atoms with Crippen molar-refractivity contribution in [3.05, 3.63) is 17.7 Å². The largest absolute Gasteiger partial charge is 0.508 e. The second kappa shape index (κ2) is 7.54. The molecule has 7 heteroatoms. The van der Waals surface area contributed by atoms with Gasteiger partial charge >= 0.3 is 0 Å². The van der Waals surface area contributed by atoms with E-state index < -0.39 is 0 Å². The molecule has 5 N–H and O–H groups in total. The molecule has 1 aromatic carbocycles. The minimum absolute atomic E-state index is 0. The summed E-state index contributed by atoms with van der Waals surface area (Å²) in [5, 5.41) is 41.7. The van der Waals surface area contributed by atoms with Crippen molar-refractivity contribution < 1.29 is 20.4 Å². The zero-order valence-corrected chi connectivity index (χ0v) is 11.9. The molecule has 1 aliphatic rings. The van der Waals surface area contributed by atoms with E-state index >= 15 is 0 Å². The van der Waals surface area contributed by atoms with Gasteiger partial charge in [0.15, 0.2) is 0 Å². The average molecular weight is 305 g/mol. The molecule has 1 aliphatic heterocycles. The quantitative estimate of drug-likeness (QED) is 0.558. The highest BCUT2D eigenvalue weighted by Gasteiger charge is 2.27. The predicted molar refractivity (Wildman–Crippen MR) is 77.6 cm³/mol. The lowest BCUT2D eigenvalue weighted by Gasteiger charge is -2.35. The minimum Gasteiger partial charge on any atom is -0.508 e. The number of benzene rings is 1. The number of aliphatic hydroxyl groups excluding tert-OH is 1. The Kier molecular flexibility index (Phi) is 6.35. The van der Waals surface area contributed by atoms with Crippen molar-refractivity contribution in [1.29, 1.82) is 0 Å². The number of nitrogens with one attached hydrogen (secondary N) is 1. The van der Waals surface area contributed by atoms with E-state index in [1.54, 1.807) is 0 Å². The van der Waals surface area contributed by atoms with Crippen LogP contribution in [0.4, 0.5) is 0 Å². The van der Waals surface area contributed by atoms with Gasteiger partial charge in [0.2, 0.25) is 0 Å². The van der Waals surface area contributed by atoms with Crippen molar-refractivity contribution in [2.75, 3.05) is 32.8 Å². The third kappa shape index (κ3) is 3.67. The van der Waals surface area contributed by atoms with Crippen LogP contribution in [-0.2, 0) is 0 Å². The molecule has 114 valence electrons. The Balaban J connectivity index is 0.00000200. The van der Waals surface area contributed by atoms with Crippen molar-refractivity contribution >= 4 is 12.4 Å². The molecule has 0 unspecified atom stereocenters. The standard InChI is InChI=1S/C13H20N2O4.ClH/c16-6-1-10(15-4-2-14-3-5-15)13-11(18)7-9(17)8-12(13)19;/h7-8,10,14,16-19H,1-6H2;1H/t10-;/m0./s1. The number of aromatic hydroxyl groups is 3. The van der Waals surface area contributed by atoms with E-state index in [-0.39, 0.29) is 42.3 Å². The normalized spacial score (nSPS) is 17.4. The maximum absolute atomic E-state index is 9.96. The number of hydrogen-bond acceptors (Lipinski definition) is 6. The molecule has 0 aliphatic carbocycles. The summed E-state index contributed by atoms with van der Waals surface area (Å²) in [6.45, 7) is 3.20. The summed E-state index contributed by atoms with van der Waals surface area (Å²) in [6, 6.07) is 2.16. The van der Waals surface area contributed by atoms with Crippen molar-refractivity contribution in [1.82, 2.24) is 10.2 Å². The first-order valence-electron chi connectivity index (χ1n) is 6.44. The molecule has 2 rings (SSSR count).